The highest BCUT2D eigenvalue weighted by Gasteiger charge is 2.05. The van der Waals surface area contributed by atoms with Crippen LogP contribution in [-0.2, 0) is 6.61 Å². The van der Waals surface area contributed by atoms with Crippen molar-refractivity contribution in [1.29, 1.82) is 0 Å². The van der Waals surface area contributed by atoms with Crippen molar-refractivity contribution in [2.24, 2.45) is 0 Å². The van der Waals surface area contributed by atoms with Gasteiger partial charge < -0.3 is 9.47 Å². The minimum absolute atomic E-state index is 0.318. The maximum atomic E-state index is 6.02. The van der Waals surface area contributed by atoms with Gasteiger partial charge in [0.2, 0.25) is 5.88 Å². The summed E-state index contributed by atoms with van der Waals surface area (Å²) in [6, 6.07) is 13.2. The van der Waals surface area contributed by atoms with Crippen LogP contribution in [0.25, 0.3) is 0 Å². The fourth-order valence-corrected chi connectivity index (χ4v) is 2.02. The van der Waals surface area contributed by atoms with Crippen molar-refractivity contribution in [3.63, 3.8) is 0 Å². The van der Waals surface area contributed by atoms with Crippen LogP contribution >= 0.6 is 11.6 Å². The van der Waals surface area contributed by atoms with E-state index in [9.17, 15) is 0 Å². The molecule has 3 nitrogen and oxygen atoms in total. The minimum atomic E-state index is 0.318. The molecule has 0 saturated heterocycles. The lowest BCUT2D eigenvalue weighted by molar-refractivity contribution is 0.289. The van der Waals surface area contributed by atoms with E-state index in [-0.39, 0.29) is 0 Å². The molecule has 0 spiro atoms. The number of ether oxygens (including phenoxy) is 2. The topological polar surface area (TPSA) is 31.4 Å². The number of benzene rings is 1. The Morgan fingerprint density at radius 1 is 1.13 bits per heavy atom. The SMILES string of the molecule is C=C/C=C(\C=C)COc1cc(Cl)nc(OCc2ccccc2)c1. The molecule has 0 atom stereocenters. The van der Waals surface area contributed by atoms with Gasteiger partial charge in [-0.2, -0.15) is 0 Å². The van der Waals surface area contributed by atoms with Crippen LogP contribution in [-0.4, -0.2) is 11.6 Å². The second kappa shape index (κ2) is 8.81. The van der Waals surface area contributed by atoms with Gasteiger partial charge in [0.25, 0.3) is 0 Å². The summed E-state index contributed by atoms with van der Waals surface area (Å²) in [6.45, 7) is 8.17. The van der Waals surface area contributed by atoms with Gasteiger partial charge in [-0.1, -0.05) is 73.3 Å². The average Bonchev–Trinajstić information content (AvgIpc) is 2.57. The molecular formula is C19H18ClNO2. The number of allylic oxidation sites excluding steroid dienone is 2. The number of rotatable bonds is 8. The Kier molecular flexibility index (Phi) is 6.45. The van der Waals surface area contributed by atoms with Gasteiger partial charge in [0.05, 0.1) is 0 Å². The Bertz CT molecular complexity index is 696. The molecule has 0 aliphatic carbocycles. The van der Waals surface area contributed by atoms with Crippen LogP contribution in [0.5, 0.6) is 11.6 Å². The van der Waals surface area contributed by atoms with Gasteiger partial charge in [0, 0.05) is 12.1 Å². The molecule has 118 valence electrons. The Balaban J connectivity index is 2.02. The summed E-state index contributed by atoms with van der Waals surface area (Å²) in [6.07, 6.45) is 5.24. The molecule has 4 heteroatoms. The molecular weight excluding hydrogens is 310 g/mol. The number of hydrogen-bond donors (Lipinski definition) is 0. The summed E-state index contributed by atoms with van der Waals surface area (Å²) in [5.41, 5.74) is 1.97. The first-order valence-corrected chi connectivity index (χ1v) is 7.50. The van der Waals surface area contributed by atoms with Crippen molar-refractivity contribution in [1.82, 2.24) is 4.98 Å². The van der Waals surface area contributed by atoms with Gasteiger partial charge in [-0.3, -0.25) is 0 Å². The average molecular weight is 328 g/mol. The second-order valence-electron chi connectivity index (χ2n) is 4.71. The highest BCUT2D eigenvalue weighted by molar-refractivity contribution is 6.29. The summed E-state index contributed by atoms with van der Waals surface area (Å²) in [5.74, 6) is 1.01. The van der Waals surface area contributed by atoms with Crippen LogP contribution in [0.15, 0.2) is 79.4 Å². The van der Waals surface area contributed by atoms with E-state index in [1.54, 1.807) is 24.3 Å². The Morgan fingerprint density at radius 3 is 2.61 bits per heavy atom. The fraction of sp³-hybridized carbons (Fsp3) is 0.105. The van der Waals surface area contributed by atoms with Gasteiger partial charge in [0.15, 0.2) is 0 Å². The van der Waals surface area contributed by atoms with Crippen LogP contribution in [0.3, 0.4) is 0 Å². The lowest BCUT2D eigenvalue weighted by Crippen LogP contribution is -2.01. The summed E-state index contributed by atoms with van der Waals surface area (Å²) < 4.78 is 11.4. The molecule has 0 radical (unpaired) electrons. The first-order valence-electron chi connectivity index (χ1n) is 7.12. The van der Waals surface area contributed by atoms with Crippen molar-refractivity contribution in [3.05, 3.63) is 90.1 Å². The number of halogens is 1. The highest BCUT2D eigenvalue weighted by Crippen LogP contribution is 2.23. The van der Waals surface area contributed by atoms with E-state index in [2.05, 4.69) is 18.1 Å². The monoisotopic (exact) mass is 327 g/mol. The van der Waals surface area contributed by atoms with Crippen LogP contribution in [0.1, 0.15) is 5.56 Å². The van der Waals surface area contributed by atoms with E-state index in [1.165, 1.54) is 0 Å². The summed E-state index contributed by atoms with van der Waals surface area (Å²) in [5, 5.41) is 0.318. The number of hydrogen-bond acceptors (Lipinski definition) is 3. The van der Waals surface area contributed by atoms with Crippen LogP contribution in [0.4, 0.5) is 0 Å². The molecule has 1 aromatic heterocycles. The lowest BCUT2D eigenvalue weighted by atomic mass is 10.2. The standard InChI is InChI=1S/C19H18ClNO2/c1-3-8-15(4-2)13-22-17-11-18(20)21-19(12-17)23-14-16-9-6-5-7-10-16/h3-12H,1-2,13-14H2/b15-8+. The largest absolute Gasteiger partial charge is 0.489 e. The molecule has 0 bridgehead atoms. The molecule has 1 heterocycles. The predicted molar refractivity (Wildman–Crippen MR) is 94.0 cm³/mol. The summed E-state index contributed by atoms with van der Waals surface area (Å²) >= 11 is 6.02. The van der Waals surface area contributed by atoms with Gasteiger partial charge in [-0.15, -0.1) is 0 Å². The van der Waals surface area contributed by atoms with Crippen molar-refractivity contribution in [3.8, 4) is 11.6 Å². The maximum Gasteiger partial charge on any atom is 0.218 e. The molecule has 2 rings (SSSR count). The highest BCUT2D eigenvalue weighted by atomic mass is 35.5. The maximum absolute atomic E-state index is 6.02. The molecule has 23 heavy (non-hydrogen) atoms. The van der Waals surface area contributed by atoms with E-state index >= 15 is 0 Å². The number of pyridine rings is 1. The van der Waals surface area contributed by atoms with E-state index in [0.717, 1.165) is 11.1 Å². The third kappa shape index (κ3) is 5.64. The summed E-state index contributed by atoms with van der Waals surface area (Å²) in [4.78, 5) is 4.14. The molecule has 0 amide bonds. The molecule has 2 aromatic rings. The van der Waals surface area contributed by atoms with Crippen molar-refractivity contribution in [2.75, 3.05) is 6.61 Å². The Morgan fingerprint density at radius 2 is 1.91 bits per heavy atom. The fourth-order valence-electron chi connectivity index (χ4n) is 1.83. The van der Waals surface area contributed by atoms with E-state index in [0.29, 0.717) is 30.0 Å². The molecule has 0 saturated carbocycles. The third-order valence-electron chi connectivity index (χ3n) is 2.97. The second-order valence-corrected chi connectivity index (χ2v) is 5.10. The number of nitrogens with zero attached hydrogens (tertiary/aromatic N) is 1. The first-order chi connectivity index (χ1) is 11.2. The van der Waals surface area contributed by atoms with Crippen molar-refractivity contribution >= 4 is 11.6 Å². The van der Waals surface area contributed by atoms with Gasteiger partial charge in [-0.05, 0) is 11.1 Å². The first kappa shape index (κ1) is 16.8. The van der Waals surface area contributed by atoms with Crippen LogP contribution in [0, 0.1) is 0 Å². The Labute approximate surface area is 141 Å². The zero-order chi connectivity index (χ0) is 16.5. The third-order valence-corrected chi connectivity index (χ3v) is 3.17. The molecule has 0 unspecified atom stereocenters. The minimum Gasteiger partial charge on any atom is -0.489 e. The number of aromatic nitrogens is 1. The molecule has 0 aliphatic heterocycles. The predicted octanol–water partition coefficient (Wildman–Crippen LogP) is 4.99. The molecule has 0 N–H and O–H groups in total. The molecule has 1 aromatic carbocycles. The zero-order valence-corrected chi connectivity index (χ0v) is 13.5. The van der Waals surface area contributed by atoms with Gasteiger partial charge in [0.1, 0.15) is 24.1 Å². The zero-order valence-electron chi connectivity index (χ0n) is 12.7. The normalized spacial score (nSPS) is 10.9. The smallest absolute Gasteiger partial charge is 0.218 e. The van der Waals surface area contributed by atoms with Gasteiger partial charge in [-0.25, -0.2) is 4.98 Å². The summed E-state index contributed by atoms with van der Waals surface area (Å²) in [7, 11) is 0. The van der Waals surface area contributed by atoms with Crippen molar-refractivity contribution in [2.45, 2.75) is 6.61 Å². The van der Waals surface area contributed by atoms with Crippen LogP contribution < -0.4 is 9.47 Å². The lowest BCUT2D eigenvalue weighted by Gasteiger charge is -2.10. The van der Waals surface area contributed by atoms with E-state index < -0.39 is 0 Å². The quantitative estimate of drug-likeness (QED) is 0.505. The van der Waals surface area contributed by atoms with E-state index in [4.69, 9.17) is 21.1 Å². The van der Waals surface area contributed by atoms with Gasteiger partial charge >= 0.3 is 0 Å². The molecule has 0 aliphatic rings. The van der Waals surface area contributed by atoms with Crippen LogP contribution in [0.2, 0.25) is 5.15 Å². The van der Waals surface area contributed by atoms with Crippen molar-refractivity contribution < 1.29 is 9.47 Å². The van der Waals surface area contributed by atoms with E-state index in [1.807, 2.05) is 36.4 Å². The Hall–Kier alpha value is -2.52. The molecule has 0 fully saturated rings.